The molecule has 1 unspecified atom stereocenters. The average molecular weight is 283 g/mol. The van der Waals surface area contributed by atoms with Crippen molar-refractivity contribution in [3.8, 4) is 0 Å². The van der Waals surface area contributed by atoms with Gasteiger partial charge in [0.2, 0.25) is 5.91 Å². The zero-order valence-electron chi connectivity index (χ0n) is 12.1. The molecule has 1 rings (SSSR count). The second kappa shape index (κ2) is 5.74. The van der Waals surface area contributed by atoms with Crippen molar-refractivity contribution < 1.29 is 14.7 Å². The Morgan fingerprint density at radius 3 is 2.26 bits per heavy atom. The van der Waals surface area contributed by atoms with Crippen molar-refractivity contribution in [3.05, 3.63) is 21.9 Å². The first-order valence-electron chi connectivity index (χ1n) is 6.28. The fourth-order valence-electron chi connectivity index (χ4n) is 1.90. The Morgan fingerprint density at radius 1 is 1.37 bits per heavy atom. The number of carboxylic acid groups (broad SMARTS) is 1. The summed E-state index contributed by atoms with van der Waals surface area (Å²) in [5.41, 5.74) is -0.0146. The largest absolute Gasteiger partial charge is 0.479 e. The second-order valence-corrected chi connectivity index (χ2v) is 6.61. The van der Waals surface area contributed by atoms with E-state index in [0.29, 0.717) is 11.4 Å². The molecule has 0 aliphatic rings. The molecule has 1 aromatic rings. The van der Waals surface area contributed by atoms with Crippen molar-refractivity contribution >= 4 is 23.2 Å². The van der Waals surface area contributed by atoms with E-state index in [2.05, 4.69) is 20.8 Å². The number of rotatable bonds is 4. The number of amides is 1. The molecule has 5 heteroatoms. The summed E-state index contributed by atoms with van der Waals surface area (Å²) in [6, 6.07) is 2.88. The van der Waals surface area contributed by atoms with Gasteiger partial charge in [-0.15, -0.1) is 11.3 Å². The average Bonchev–Trinajstić information content (AvgIpc) is 2.72. The molecule has 0 saturated heterocycles. The Hall–Kier alpha value is -1.36. The first-order chi connectivity index (χ1) is 8.68. The normalized spacial score (nSPS) is 13.1. The zero-order valence-corrected chi connectivity index (χ0v) is 12.9. The summed E-state index contributed by atoms with van der Waals surface area (Å²) in [5.74, 6) is -1.21. The van der Waals surface area contributed by atoms with E-state index in [0.717, 1.165) is 4.88 Å². The highest BCUT2D eigenvalue weighted by atomic mass is 32.1. The van der Waals surface area contributed by atoms with Gasteiger partial charge in [-0.3, -0.25) is 4.79 Å². The maximum absolute atomic E-state index is 11.6. The molecule has 106 valence electrons. The lowest BCUT2D eigenvalue weighted by Crippen LogP contribution is -2.37. The van der Waals surface area contributed by atoms with Gasteiger partial charge in [0.25, 0.3) is 0 Å². The van der Waals surface area contributed by atoms with Crippen molar-refractivity contribution in [3.63, 3.8) is 0 Å². The third kappa shape index (κ3) is 3.56. The summed E-state index contributed by atoms with van der Waals surface area (Å²) >= 11 is 1.46. The summed E-state index contributed by atoms with van der Waals surface area (Å²) in [6.45, 7) is 9.82. The van der Waals surface area contributed by atoms with E-state index in [1.807, 2.05) is 12.1 Å². The smallest absolute Gasteiger partial charge is 0.331 e. The third-order valence-electron chi connectivity index (χ3n) is 2.93. The lowest BCUT2D eigenvalue weighted by Gasteiger charge is -2.26. The molecule has 4 nitrogen and oxygen atoms in total. The van der Waals surface area contributed by atoms with Crippen LogP contribution in [0.3, 0.4) is 0 Å². The molecule has 1 atom stereocenters. The van der Waals surface area contributed by atoms with Crippen LogP contribution >= 0.6 is 11.3 Å². The highest BCUT2D eigenvalue weighted by Gasteiger charge is 2.30. The van der Waals surface area contributed by atoms with Crippen LogP contribution in [0.15, 0.2) is 12.1 Å². The van der Waals surface area contributed by atoms with Crippen LogP contribution in [-0.2, 0) is 15.0 Å². The molecule has 0 aliphatic heterocycles. The highest BCUT2D eigenvalue weighted by Crippen LogP contribution is 2.34. The summed E-state index contributed by atoms with van der Waals surface area (Å²) in [7, 11) is 0. The lowest BCUT2D eigenvalue weighted by molar-refractivity contribution is -0.149. The van der Waals surface area contributed by atoms with Crippen LogP contribution in [0.25, 0.3) is 0 Å². The number of carbonyl (C=O) groups is 2. The standard InChI is InChI=1S/C14H21NO3S/c1-6-15(9(2)16)12(13(17)18)10-7-8-11(19-10)14(3,4)5/h7-8,12H,6H2,1-5H3,(H,17,18). The maximum atomic E-state index is 11.6. The first kappa shape index (κ1) is 15.7. The van der Waals surface area contributed by atoms with Crippen LogP contribution in [0, 0.1) is 0 Å². The van der Waals surface area contributed by atoms with Crippen LogP contribution in [0.1, 0.15) is 50.4 Å². The summed E-state index contributed by atoms with van der Waals surface area (Å²) in [4.78, 5) is 26.2. The van der Waals surface area contributed by atoms with Gasteiger partial charge in [-0.2, -0.15) is 0 Å². The van der Waals surface area contributed by atoms with Gasteiger partial charge < -0.3 is 10.0 Å². The molecule has 0 spiro atoms. The monoisotopic (exact) mass is 283 g/mol. The number of carboxylic acids is 1. The predicted molar refractivity (Wildman–Crippen MR) is 76.5 cm³/mol. The molecule has 0 saturated carbocycles. The summed E-state index contributed by atoms with van der Waals surface area (Å²) < 4.78 is 0. The number of aliphatic carboxylic acids is 1. The second-order valence-electron chi connectivity index (χ2n) is 5.50. The highest BCUT2D eigenvalue weighted by molar-refractivity contribution is 7.12. The number of carbonyl (C=O) groups excluding carboxylic acids is 1. The predicted octanol–water partition coefficient (Wildman–Crippen LogP) is 3.04. The molecule has 0 radical (unpaired) electrons. The molecular formula is C14H21NO3S. The van der Waals surface area contributed by atoms with E-state index in [1.54, 1.807) is 6.92 Å². The number of hydrogen-bond donors (Lipinski definition) is 1. The molecule has 0 bridgehead atoms. The fourth-order valence-corrected chi connectivity index (χ4v) is 3.07. The fraction of sp³-hybridized carbons (Fsp3) is 0.571. The van der Waals surface area contributed by atoms with Crippen molar-refractivity contribution in [2.24, 2.45) is 0 Å². The zero-order chi connectivity index (χ0) is 14.8. The van der Waals surface area contributed by atoms with E-state index in [9.17, 15) is 14.7 Å². The Kier molecular flexibility index (Phi) is 4.74. The van der Waals surface area contributed by atoms with Gasteiger partial charge >= 0.3 is 5.97 Å². The Balaban J connectivity index is 3.17. The van der Waals surface area contributed by atoms with Crippen molar-refractivity contribution in [1.29, 1.82) is 0 Å². The van der Waals surface area contributed by atoms with E-state index < -0.39 is 12.0 Å². The molecule has 19 heavy (non-hydrogen) atoms. The molecular weight excluding hydrogens is 262 g/mol. The number of likely N-dealkylation sites (N-methyl/N-ethyl adjacent to an activating group) is 1. The van der Waals surface area contributed by atoms with E-state index >= 15 is 0 Å². The Bertz CT molecular complexity index is 473. The van der Waals surface area contributed by atoms with Crippen LogP contribution in [0.5, 0.6) is 0 Å². The molecule has 1 aromatic heterocycles. The van der Waals surface area contributed by atoms with Crippen LogP contribution in [0.4, 0.5) is 0 Å². The maximum Gasteiger partial charge on any atom is 0.331 e. The van der Waals surface area contributed by atoms with E-state index in [-0.39, 0.29) is 11.3 Å². The molecule has 1 amide bonds. The molecule has 0 fully saturated rings. The van der Waals surface area contributed by atoms with Crippen LogP contribution < -0.4 is 0 Å². The quantitative estimate of drug-likeness (QED) is 0.924. The van der Waals surface area contributed by atoms with Gasteiger partial charge in [-0.25, -0.2) is 4.79 Å². The summed E-state index contributed by atoms with van der Waals surface area (Å²) in [6.07, 6.45) is 0. The van der Waals surface area contributed by atoms with Crippen LogP contribution in [-0.4, -0.2) is 28.4 Å². The topological polar surface area (TPSA) is 57.6 Å². The van der Waals surface area contributed by atoms with Gasteiger partial charge in [0.05, 0.1) is 0 Å². The minimum Gasteiger partial charge on any atom is -0.479 e. The molecule has 0 aromatic carbocycles. The van der Waals surface area contributed by atoms with E-state index in [1.165, 1.54) is 23.2 Å². The molecule has 0 aliphatic carbocycles. The number of hydrogen-bond acceptors (Lipinski definition) is 3. The first-order valence-corrected chi connectivity index (χ1v) is 7.10. The van der Waals surface area contributed by atoms with Gasteiger partial charge in [-0.05, 0) is 24.5 Å². The van der Waals surface area contributed by atoms with Crippen LogP contribution in [0.2, 0.25) is 0 Å². The lowest BCUT2D eigenvalue weighted by atomic mass is 9.95. The van der Waals surface area contributed by atoms with Gasteiger partial charge in [0, 0.05) is 23.2 Å². The molecule has 1 N–H and O–H groups in total. The van der Waals surface area contributed by atoms with Crippen molar-refractivity contribution in [2.75, 3.05) is 6.54 Å². The van der Waals surface area contributed by atoms with Crippen molar-refractivity contribution in [2.45, 2.75) is 46.1 Å². The Morgan fingerprint density at radius 2 is 1.95 bits per heavy atom. The van der Waals surface area contributed by atoms with Crippen molar-refractivity contribution in [1.82, 2.24) is 4.90 Å². The number of nitrogens with zero attached hydrogens (tertiary/aromatic N) is 1. The minimum absolute atomic E-state index is 0.0146. The molecule has 1 heterocycles. The Labute approximate surface area is 118 Å². The van der Waals surface area contributed by atoms with Gasteiger partial charge in [0.15, 0.2) is 6.04 Å². The van der Waals surface area contributed by atoms with Gasteiger partial charge in [0.1, 0.15) is 0 Å². The minimum atomic E-state index is -0.987. The summed E-state index contributed by atoms with van der Waals surface area (Å²) in [5, 5.41) is 9.40. The van der Waals surface area contributed by atoms with Gasteiger partial charge in [-0.1, -0.05) is 20.8 Å². The SMILES string of the molecule is CCN(C(C)=O)C(C(=O)O)c1ccc(C(C)(C)C)s1. The third-order valence-corrected chi connectivity index (χ3v) is 4.49. The van der Waals surface area contributed by atoms with E-state index in [4.69, 9.17) is 0 Å². The number of thiophene rings is 1.